The average molecular weight is 222 g/mol. The zero-order chi connectivity index (χ0) is 11.4. The van der Waals surface area contributed by atoms with E-state index in [1.165, 1.54) is 0 Å². The van der Waals surface area contributed by atoms with Gasteiger partial charge in [0.2, 0.25) is 0 Å². The second-order valence-corrected chi connectivity index (χ2v) is 4.07. The van der Waals surface area contributed by atoms with Crippen molar-refractivity contribution in [2.45, 2.75) is 19.4 Å². The molecule has 2 unspecified atom stereocenters. The normalized spacial score (nSPS) is 22.0. The van der Waals surface area contributed by atoms with Gasteiger partial charge < -0.3 is 14.6 Å². The molecule has 0 bridgehead atoms. The smallest absolute Gasteiger partial charge is 0.119 e. The summed E-state index contributed by atoms with van der Waals surface area (Å²) in [7, 11) is 0. The Morgan fingerprint density at radius 3 is 3.12 bits per heavy atom. The van der Waals surface area contributed by atoms with Crippen LogP contribution in [0.5, 0.6) is 5.75 Å². The van der Waals surface area contributed by atoms with Gasteiger partial charge in [0.25, 0.3) is 0 Å². The van der Waals surface area contributed by atoms with Crippen LogP contribution in [0.25, 0.3) is 0 Å². The molecule has 0 amide bonds. The molecule has 1 heterocycles. The lowest BCUT2D eigenvalue weighted by Gasteiger charge is -2.17. The Morgan fingerprint density at radius 2 is 2.44 bits per heavy atom. The Kier molecular flexibility index (Phi) is 3.80. The van der Waals surface area contributed by atoms with E-state index in [0.717, 1.165) is 24.3 Å². The molecule has 2 rings (SSSR count). The lowest BCUT2D eigenvalue weighted by atomic mass is 9.95. The molecule has 1 aliphatic rings. The Balaban J connectivity index is 2.09. The van der Waals surface area contributed by atoms with Crippen molar-refractivity contribution in [1.29, 1.82) is 0 Å². The summed E-state index contributed by atoms with van der Waals surface area (Å²) in [5.41, 5.74) is 0.918. The Hall–Kier alpha value is -1.06. The maximum absolute atomic E-state index is 10.2. The van der Waals surface area contributed by atoms with Crippen LogP contribution in [-0.2, 0) is 4.74 Å². The van der Waals surface area contributed by atoms with E-state index in [2.05, 4.69) is 0 Å². The summed E-state index contributed by atoms with van der Waals surface area (Å²) in [6.07, 6.45) is 0.489. The summed E-state index contributed by atoms with van der Waals surface area (Å²) in [6, 6.07) is 7.67. The third kappa shape index (κ3) is 2.54. The Labute approximate surface area is 96.0 Å². The van der Waals surface area contributed by atoms with Crippen molar-refractivity contribution >= 4 is 0 Å². The molecule has 88 valence electrons. The van der Waals surface area contributed by atoms with Crippen LogP contribution in [0.3, 0.4) is 0 Å². The highest BCUT2D eigenvalue weighted by molar-refractivity contribution is 5.30. The minimum Gasteiger partial charge on any atom is -0.494 e. The predicted molar refractivity (Wildman–Crippen MR) is 61.5 cm³/mol. The van der Waals surface area contributed by atoms with Gasteiger partial charge in [-0.2, -0.15) is 0 Å². The number of hydrogen-bond acceptors (Lipinski definition) is 3. The van der Waals surface area contributed by atoms with E-state index in [9.17, 15) is 5.11 Å². The fraction of sp³-hybridized carbons (Fsp3) is 0.538. The largest absolute Gasteiger partial charge is 0.494 e. The Bertz CT molecular complexity index is 332. The van der Waals surface area contributed by atoms with Gasteiger partial charge in [-0.1, -0.05) is 12.1 Å². The van der Waals surface area contributed by atoms with Crippen LogP contribution in [-0.4, -0.2) is 24.9 Å². The summed E-state index contributed by atoms with van der Waals surface area (Å²) in [5.74, 6) is 1.04. The van der Waals surface area contributed by atoms with Gasteiger partial charge in [0.15, 0.2) is 0 Å². The predicted octanol–water partition coefficient (Wildman–Crippen LogP) is 2.16. The van der Waals surface area contributed by atoms with Crippen LogP contribution in [0.1, 0.15) is 25.0 Å². The molecule has 0 saturated carbocycles. The fourth-order valence-corrected chi connectivity index (χ4v) is 2.03. The molecule has 0 aliphatic carbocycles. The van der Waals surface area contributed by atoms with Crippen molar-refractivity contribution in [3.63, 3.8) is 0 Å². The van der Waals surface area contributed by atoms with Crippen molar-refractivity contribution in [1.82, 2.24) is 0 Å². The molecule has 1 aliphatic heterocycles. The third-order valence-electron chi connectivity index (χ3n) is 2.92. The molecular weight excluding hydrogens is 204 g/mol. The maximum Gasteiger partial charge on any atom is 0.119 e. The van der Waals surface area contributed by atoms with Gasteiger partial charge in [0.1, 0.15) is 5.75 Å². The number of aliphatic hydroxyl groups excluding tert-OH is 1. The quantitative estimate of drug-likeness (QED) is 0.848. The van der Waals surface area contributed by atoms with Gasteiger partial charge in [-0.25, -0.2) is 0 Å². The number of hydrogen-bond donors (Lipinski definition) is 1. The van der Waals surface area contributed by atoms with Gasteiger partial charge in [-0.3, -0.25) is 0 Å². The first-order chi connectivity index (χ1) is 7.81. The van der Waals surface area contributed by atoms with E-state index in [4.69, 9.17) is 9.47 Å². The van der Waals surface area contributed by atoms with Crippen molar-refractivity contribution in [3.8, 4) is 5.75 Å². The van der Waals surface area contributed by atoms with E-state index in [-0.39, 0.29) is 5.92 Å². The van der Waals surface area contributed by atoms with Crippen molar-refractivity contribution in [2.75, 3.05) is 19.8 Å². The second-order valence-electron chi connectivity index (χ2n) is 4.07. The zero-order valence-corrected chi connectivity index (χ0v) is 9.56. The Morgan fingerprint density at radius 1 is 1.56 bits per heavy atom. The van der Waals surface area contributed by atoms with Crippen molar-refractivity contribution in [3.05, 3.63) is 29.8 Å². The number of rotatable bonds is 4. The van der Waals surface area contributed by atoms with Crippen LogP contribution < -0.4 is 4.74 Å². The first kappa shape index (κ1) is 11.4. The van der Waals surface area contributed by atoms with E-state index >= 15 is 0 Å². The topological polar surface area (TPSA) is 38.7 Å². The first-order valence-corrected chi connectivity index (χ1v) is 5.80. The van der Waals surface area contributed by atoms with Gasteiger partial charge in [-0.15, -0.1) is 0 Å². The molecule has 1 N–H and O–H groups in total. The summed E-state index contributed by atoms with van der Waals surface area (Å²) >= 11 is 0. The molecule has 2 atom stereocenters. The van der Waals surface area contributed by atoms with E-state index in [1.54, 1.807) is 0 Å². The third-order valence-corrected chi connectivity index (χ3v) is 2.92. The summed E-state index contributed by atoms with van der Waals surface area (Å²) in [4.78, 5) is 0. The van der Waals surface area contributed by atoms with Gasteiger partial charge in [-0.05, 0) is 31.0 Å². The zero-order valence-electron chi connectivity index (χ0n) is 9.56. The average Bonchev–Trinajstić information content (AvgIpc) is 2.82. The van der Waals surface area contributed by atoms with E-state index < -0.39 is 6.10 Å². The van der Waals surface area contributed by atoms with Gasteiger partial charge in [0, 0.05) is 12.5 Å². The van der Waals surface area contributed by atoms with Crippen LogP contribution in [0.2, 0.25) is 0 Å². The van der Waals surface area contributed by atoms with Crippen LogP contribution in [0, 0.1) is 5.92 Å². The number of benzene rings is 1. The second kappa shape index (κ2) is 5.32. The molecular formula is C13H18O3. The lowest BCUT2D eigenvalue weighted by molar-refractivity contribution is 0.0916. The highest BCUT2D eigenvalue weighted by Gasteiger charge is 2.25. The van der Waals surface area contributed by atoms with Gasteiger partial charge >= 0.3 is 0 Å². The summed E-state index contributed by atoms with van der Waals surface area (Å²) in [5, 5.41) is 10.2. The summed E-state index contributed by atoms with van der Waals surface area (Å²) in [6.45, 7) is 4.01. The fourth-order valence-electron chi connectivity index (χ4n) is 2.03. The SMILES string of the molecule is CCOc1cccc(C(O)C2CCOC2)c1. The highest BCUT2D eigenvalue weighted by atomic mass is 16.5. The van der Waals surface area contributed by atoms with E-state index in [0.29, 0.717) is 13.2 Å². The van der Waals surface area contributed by atoms with Crippen molar-refractivity contribution < 1.29 is 14.6 Å². The minimum absolute atomic E-state index is 0.219. The highest BCUT2D eigenvalue weighted by Crippen LogP contribution is 2.30. The van der Waals surface area contributed by atoms with Crippen molar-refractivity contribution in [2.24, 2.45) is 5.92 Å². The maximum atomic E-state index is 10.2. The molecule has 16 heavy (non-hydrogen) atoms. The molecule has 3 nitrogen and oxygen atoms in total. The van der Waals surface area contributed by atoms with E-state index in [1.807, 2.05) is 31.2 Å². The van der Waals surface area contributed by atoms with Crippen LogP contribution in [0.15, 0.2) is 24.3 Å². The minimum atomic E-state index is -0.442. The number of aliphatic hydroxyl groups is 1. The first-order valence-electron chi connectivity index (χ1n) is 5.80. The lowest BCUT2D eigenvalue weighted by Crippen LogP contribution is -2.12. The van der Waals surface area contributed by atoms with Crippen LogP contribution >= 0.6 is 0 Å². The molecule has 0 spiro atoms. The molecule has 0 radical (unpaired) electrons. The molecule has 1 saturated heterocycles. The molecule has 1 fully saturated rings. The molecule has 1 aromatic rings. The summed E-state index contributed by atoms with van der Waals surface area (Å²) < 4.78 is 10.7. The van der Waals surface area contributed by atoms with Gasteiger partial charge in [0.05, 0.1) is 19.3 Å². The standard InChI is InChI=1S/C13H18O3/c1-2-16-12-5-3-4-10(8-12)13(14)11-6-7-15-9-11/h3-5,8,11,13-14H,2,6-7,9H2,1H3. The van der Waals surface area contributed by atoms with Crippen LogP contribution in [0.4, 0.5) is 0 Å². The molecule has 0 aromatic heterocycles. The monoisotopic (exact) mass is 222 g/mol. The number of ether oxygens (including phenoxy) is 2. The molecule has 3 heteroatoms. The molecule has 1 aromatic carbocycles.